The molecule has 36 heavy (non-hydrogen) atoms. The molecule has 12 heteroatoms. The second-order valence-electron chi connectivity index (χ2n) is 8.05. The lowest BCUT2D eigenvalue weighted by atomic mass is 10.2. The molecule has 0 radical (unpaired) electrons. The number of carbonyl (C=O) groups excluding carboxylic acids is 2. The molecule has 0 spiro atoms. The highest BCUT2D eigenvalue weighted by Crippen LogP contribution is 2.27. The number of thiocarbonyl (C=S) groups is 1. The molecule has 0 unspecified atom stereocenters. The van der Waals surface area contributed by atoms with Gasteiger partial charge in [0.15, 0.2) is 0 Å². The van der Waals surface area contributed by atoms with Crippen molar-refractivity contribution in [1.29, 1.82) is 0 Å². The van der Waals surface area contributed by atoms with Gasteiger partial charge in [0.1, 0.15) is 16.9 Å². The van der Waals surface area contributed by atoms with E-state index >= 15 is 4.39 Å². The Morgan fingerprint density at radius 1 is 1.22 bits per heavy atom. The average molecular weight is 524 g/mol. The standard InChI is InChI=1S/C24H28F3N5O3S/c1-3-29-32(23(36)16-7-5-4-6-8-16)12-11-30(2)20-10-9-17(13-19(20)25)31-15-18(35-24(31)34)14-28-22(33)21(26)27/h4-10,13,18,21,29H,3,11-12,14-15H2,1-2H3,(H,28,33)/t18-/m0/s1. The highest BCUT2D eigenvalue weighted by Gasteiger charge is 2.33. The Bertz CT molecular complexity index is 1080. The SMILES string of the molecule is CCNN(CCN(C)c1ccc(N2C[C@H](CNC(=O)C(F)F)OC2=O)cc1F)C(=S)c1ccccc1. The number of carbonyl (C=O) groups is 2. The van der Waals surface area contributed by atoms with Crippen LogP contribution >= 0.6 is 12.2 Å². The number of nitrogens with zero attached hydrogens (tertiary/aromatic N) is 3. The molecular formula is C24H28F3N5O3S. The van der Waals surface area contributed by atoms with Crippen LogP contribution in [0.4, 0.5) is 29.3 Å². The van der Waals surface area contributed by atoms with Crippen LogP contribution < -0.4 is 20.5 Å². The van der Waals surface area contributed by atoms with Gasteiger partial charge in [0.25, 0.3) is 5.91 Å². The molecule has 2 N–H and O–H groups in total. The van der Waals surface area contributed by atoms with Gasteiger partial charge in [0, 0.05) is 25.7 Å². The van der Waals surface area contributed by atoms with E-state index in [0.29, 0.717) is 30.3 Å². The van der Waals surface area contributed by atoms with Gasteiger partial charge < -0.3 is 15.0 Å². The van der Waals surface area contributed by atoms with Gasteiger partial charge in [-0.1, -0.05) is 49.5 Å². The first-order valence-electron chi connectivity index (χ1n) is 11.4. The summed E-state index contributed by atoms with van der Waals surface area (Å²) in [6, 6.07) is 13.9. The molecule has 3 rings (SSSR count). The second kappa shape index (κ2) is 12.5. The van der Waals surface area contributed by atoms with Gasteiger partial charge >= 0.3 is 12.5 Å². The summed E-state index contributed by atoms with van der Waals surface area (Å²) in [7, 11) is 1.75. The Morgan fingerprint density at radius 2 is 1.94 bits per heavy atom. The molecule has 1 heterocycles. The summed E-state index contributed by atoms with van der Waals surface area (Å²) in [5.41, 5.74) is 4.71. The van der Waals surface area contributed by atoms with E-state index in [-0.39, 0.29) is 18.8 Å². The first kappa shape index (κ1) is 27.2. The first-order chi connectivity index (χ1) is 17.2. The number of amides is 2. The molecule has 0 aromatic heterocycles. The molecular weight excluding hydrogens is 495 g/mol. The van der Waals surface area contributed by atoms with Crippen molar-refractivity contribution in [2.75, 3.05) is 49.6 Å². The number of cyclic esters (lactones) is 1. The van der Waals surface area contributed by atoms with Crippen LogP contribution in [0.25, 0.3) is 0 Å². The third kappa shape index (κ3) is 6.85. The van der Waals surface area contributed by atoms with E-state index in [2.05, 4.69) is 5.43 Å². The van der Waals surface area contributed by atoms with Crippen molar-refractivity contribution in [3.05, 3.63) is 59.9 Å². The van der Waals surface area contributed by atoms with Crippen molar-refractivity contribution in [2.24, 2.45) is 0 Å². The number of benzene rings is 2. The van der Waals surface area contributed by atoms with Gasteiger partial charge in [-0.05, 0) is 18.2 Å². The molecule has 1 aliphatic heterocycles. The Kier molecular flexibility index (Phi) is 9.48. The summed E-state index contributed by atoms with van der Waals surface area (Å²) < 4.78 is 44.8. The van der Waals surface area contributed by atoms with Crippen molar-refractivity contribution >= 4 is 40.6 Å². The maximum atomic E-state index is 15.0. The van der Waals surface area contributed by atoms with Crippen LogP contribution in [0.5, 0.6) is 0 Å². The molecule has 1 atom stereocenters. The Morgan fingerprint density at radius 3 is 2.58 bits per heavy atom. The Labute approximate surface area is 213 Å². The number of nitrogens with one attached hydrogen (secondary N) is 2. The fourth-order valence-corrected chi connectivity index (χ4v) is 3.95. The second-order valence-corrected chi connectivity index (χ2v) is 8.44. The number of ether oxygens (including phenoxy) is 1. The predicted octanol–water partition coefficient (Wildman–Crippen LogP) is 3.17. The molecule has 0 aliphatic carbocycles. The van der Waals surface area contributed by atoms with Crippen molar-refractivity contribution < 1.29 is 27.5 Å². The van der Waals surface area contributed by atoms with E-state index < -0.39 is 30.3 Å². The van der Waals surface area contributed by atoms with Crippen LogP contribution in [0.2, 0.25) is 0 Å². The Balaban J connectivity index is 1.61. The lowest BCUT2D eigenvalue weighted by Crippen LogP contribution is -2.46. The van der Waals surface area contributed by atoms with Crippen molar-refractivity contribution in [3.8, 4) is 0 Å². The van der Waals surface area contributed by atoms with Crippen LogP contribution in [0, 0.1) is 5.82 Å². The van der Waals surface area contributed by atoms with Crippen molar-refractivity contribution in [1.82, 2.24) is 15.8 Å². The van der Waals surface area contributed by atoms with E-state index in [1.54, 1.807) is 24.1 Å². The minimum absolute atomic E-state index is 0.00838. The fourth-order valence-electron chi connectivity index (χ4n) is 3.65. The maximum absolute atomic E-state index is 15.0. The molecule has 2 aromatic rings. The third-order valence-electron chi connectivity index (χ3n) is 5.50. The number of rotatable bonds is 11. The summed E-state index contributed by atoms with van der Waals surface area (Å²) in [5, 5.41) is 3.86. The lowest BCUT2D eigenvalue weighted by molar-refractivity contribution is -0.132. The molecule has 0 saturated carbocycles. The van der Waals surface area contributed by atoms with Gasteiger partial charge in [-0.2, -0.15) is 8.78 Å². The van der Waals surface area contributed by atoms with Gasteiger partial charge in [-0.25, -0.2) is 14.6 Å². The molecule has 0 bridgehead atoms. The number of likely N-dealkylation sites (N-methyl/N-ethyl adjacent to an activating group) is 1. The smallest absolute Gasteiger partial charge is 0.414 e. The van der Waals surface area contributed by atoms with Crippen LogP contribution in [0.15, 0.2) is 48.5 Å². The summed E-state index contributed by atoms with van der Waals surface area (Å²) in [6.45, 7) is 3.30. The number of hydrogen-bond acceptors (Lipinski definition) is 6. The van der Waals surface area contributed by atoms with Crippen molar-refractivity contribution in [2.45, 2.75) is 19.5 Å². The van der Waals surface area contributed by atoms with Crippen LogP contribution in [-0.2, 0) is 9.53 Å². The number of alkyl halides is 2. The minimum atomic E-state index is -3.16. The zero-order chi connectivity index (χ0) is 26.2. The summed E-state index contributed by atoms with van der Waals surface area (Å²) in [5.74, 6) is -1.99. The maximum Gasteiger partial charge on any atom is 0.414 e. The molecule has 1 aliphatic rings. The molecule has 1 fully saturated rings. The predicted molar refractivity (Wildman–Crippen MR) is 135 cm³/mol. The summed E-state index contributed by atoms with van der Waals surface area (Å²) >= 11 is 5.61. The van der Waals surface area contributed by atoms with Crippen LogP contribution in [-0.4, -0.2) is 74.3 Å². The molecule has 2 aromatic carbocycles. The quantitative estimate of drug-likeness (QED) is 0.346. The van der Waals surface area contributed by atoms with E-state index in [1.165, 1.54) is 11.0 Å². The first-order valence-corrected chi connectivity index (χ1v) is 11.8. The topological polar surface area (TPSA) is 77.2 Å². The highest BCUT2D eigenvalue weighted by molar-refractivity contribution is 7.80. The molecule has 1 saturated heterocycles. The largest absolute Gasteiger partial charge is 0.442 e. The number of halogens is 3. The number of anilines is 2. The highest BCUT2D eigenvalue weighted by atomic mass is 32.1. The molecule has 194 valence electrons. The van der Waals surface area contributed by atoms with Gasteiger partial charge in [0.2, 0.25) is 0 Å². The number of hydrazine groups is 1. The third-order valence-corrected chi connectivity index (χ3v) is 5.96. The summed E-state index contributed by atoms with van der Waals surface area (Å²) in [4.78, 5) is 26.8. The Hall–Kier alpha value is -3.38. The average Bonchev–Trinajstić information content (AvgIpc) is 3.25. The fraction of sp³-hybridized carbons (Fsp3) is 0.375. The molecule has 8 nitrogen and oxygen atoms in total. The molecule has 2 amide bonds. The monoisotopic (exact) mass is 523 g/mol. The zero-order valence-electron chi connectivity index (χ0n) is 19.9. The van der Waals surface area contributed by atoms with Gasteiger partial charge in [-0.3, -0.25) is 14.7 Å². The van der Waals surface area contributed by atoms with E-state index in [9.17, 15) is 18.4 Å². The van der Waals surface area contributed by atoms with Crippen LogP contribution in [0.1, 0.15) is 12.5 Å². The van der Waals surface area contributed by atoms with Gasteiger partial charge in [-0.15, -0.1) is 0 Å². The normalized spacial score (nSPS) is 15.1. The van der Waals surface area contributed by atoms with Gasteiger partial charge in [0.05, 0.1) is 31.0 Å². The number of hydrogen-bond donors (Lipinski definition) is 2. The lowest BCUT2D eigenvalue weighted by Gasteiger charge is -2.29. The van der Waals surface area contributed by atoms with Crippen molar-refractivity contribution in [3.63, 3.8) is 0 Å². The zero-order valence-corrected chi connectivity index (χ0v) is 20.7. The van der Waals surface area contributed by atoms with E-state index in [4.69, 9.17) is 17.0 Å². The van der Waals surface area contributed by atoms with E-state index in [1.807, 2.05) is 47.6 Å². The van der Waals surface area contributed by atoms with E-state index in [0.717, 1.165) is 5.56 Å². The summed E-state index contributed by atoms with van der Waals surface area (Å²) in [6.07, 6.45) is -4.73. The minimum Gasteiger partial charge on any atom is -0.442 e. The van der Waals surface area contributed by atoms with Crippen LogP contribution in [0.3, 0.4) is 0 Å².